The van der Waals surface area contributed by atoms with Gasteiger partial charge < -0.3 is 18.9 Å². The maximum Gasteiger partial charge on any atom is 0.451 e. The summed E-state index contributed by atoms with van der Waals surface area (Å²) in [6.07, 6.45) is -1.15. The molecule has 2 fully saturated rings. The summed E-state index contributed by atoms with van der Waals surface area (Å²) >= 11 is 5.80. The highest BCUT2D eigenvalue weighted by Gasteiger charge is 2.35. The topological polar surface area (TPSA) is 123 Å². The molecule has 5 aromatic rings. The van der Waals surface area contributed by atoms with Crippen molar-refractivity contribution in [1.29, 1.82) is 0 Å². The van der Waals surface area contributed by atoms with E-state index in [1.807, 2.05) is 14.6 Å². The van der Waals surface area contributed by atoms with Gasteiger partial charge in [-0.25, -0.2) is 19.3 Å². The number of aromatic nitrogens is 8. The van der Waals surface area contributed by atoms with Crippen molar-refractivity contribution in [3.05, 3.63) is 70.5 Å². The van der Waals surface area contributed by atoms with Gasteiger partial charge in [0, 0.05) is 43.4 Å². The van der Waals surface area contributed by atoms with Crippen LogP contribution in [0.2, 0.25) is 5.02 Å². The van der Waals surface area contributed by atoms with Gasteiger partial charge in [-0.15, -0.1) is 0 Å². The Morgan fingerprint density at radius 1 is 1.00 bits per heavy atom. The quantitative estimate of drug-likeness (QED) is 0.221. The monoisotopic (exact) mass is 676 g/mol. The molecule has 0 radical (unpaired) electrons. The van der Waals surface area contributed by atoms with Gasteiger partial charge in [-0.05, 0) is 24.6 Å². The number of halogens is 6. The molecule has 6 heterocycles. The van der Waals surface area contributed by atoms with Crippen molar-refractivity contribution in [3.8, 4) is 17.4 Å². The molecule has 1 atom stereocenters. The summed E-state index contributed by atoms with van der Waals surface area (Å²) in [5.41, 5.74) is 1.63. The van der Waals surface area contributed by atoms with Crippen LogP contribution in [0.5, 0.6) is 5.88 Å². The highest BCUT2D eigenvalue weighted by atomic mass is 35.5. The number of alkyl halides is 3. The van der Waals surface area contributed by atoms with Crippen molar-refractivity contribution in [1.82, 2.24) is 44.6 Å². The lowest BCUT2D eigenvalue weighted by atomic mass is 10.2. The standard InChI is InChI=1S/C29H26ClF5N10O2/c30-17-2-1-16(19(31)9-17)15-47-26-20(32)11-37-28(40-26)44-6-4-43(5-7-44)14-24-38-21-10-22(25-39-27(42-41-25)29(33,34)35)36-12-23(21)45(24)13-18-3-8-46-18/h1-2,9-12,18H,3-8,13-15H2,(H,39,41,42)/t18-/m0/s1. The fourth-order valence-electron chi connectivity index (χ4n) is 5.34. The maximum atomic E-state index is 14.5. The molecule has 1 N–H and O–H groups in total. The molecule has 1 aromatic carbocycles. The Kier molecular flexibility index (Phi) is 8.36. The van der Waals surface area contributed by atoms with E-state index in [0.717, 1.165) is 30.0 Å². The highest BCUT2D eigenvalue weighted by Crippen LogP contribution is 2.29. The number of ether oxygens (including phenoxy) is 2. The molecule has 2 aliphatic heterocycles. The van der Waals surface area contributed by atoms with E-state index in [1.54, 1.807) is 12.3 Å². The number of nitrogens with one attached hydrogen (secondary N) is 1. The number of benzene rings is 1. The van der Waals surface area contributed by atoms with E-state index in [2.05, 4.69) is 29.9 Å². The van der Waals surface area contributed by atoms with Gasteiger partial charge in [0.05, 0.1) is 42.6 Å². The van der Waals surface area contributed by atoms with E-state index in [0.29, 0.717) is 51.4 Å². The van der Waals surface area contributed by atoms with E-state index in [4.69, 9.17) is 26.1 Å². The summed E-state index contributed by atoms with van der Waals surface area (Å²) in [5, 5.41) is 5.83. The molecule has 0 bridgehead atoms. The number of rotatable bonds is 9. The SMILES string of the molecule is Fc1cc(Cl)ccc1COc1nc(N2CCN(Cc3nc4cc(-c5n[nH]c(C(F)(F)F)n5)ncc4n3C[C@@H]3CCO3)CC2)ncc1F. The molecule has 18 heteroatoms. The first-order valence-electron chi connectivity index (χ1n) is 14.6. The predicted molar refractivity (Wildman–Crippen MR) is 157 cm³/mol. The first-order chi connectivity index (χ1) is 22.6. The molecule has 4 aromatic heterocycles. The number of fused-ring (bicyclic) bond motifs is 1. The number of pyridine rings is 1. The van der Waals surface area contributed by atoms with Crippen LogP contribution in [0.15, 0.2) is 36.7 Å². The Morgan fingerprint density at radius 2 is 1.81 bits per heavy atom. The van der Waals surface area contributed by atoms with Crippen molar-refractivity contribution in [2.24, 2.45) is 0 Å². The first kappa shape index (κ1) is 31.1. The minimum Gasteiger partial charge on any atom is -0.470 e. The number of hydrogen-bond acceptors (Lipinski definition) is 10. The minimum absolute atomic E-state index is 0.0215. The average molecular weight is 677 g/mol. The Balaban J connectivity index is 1.04. The molecule has 0 amide bonds. The van der Waals surface area contributed by atoms with Crippen LogP contribution in [0, 0.1) is 11.6 Å². The van der Waals surface area contributed by atoms with Crippen LogP contribution in [-0.2, 0) is 30.6 Å². The second-order valence-electron chi connectivity index (χ2n) is 11.1. The van der Waals surface area contributed by atoms with Crippen molar-refractivity contribution in [2.45, 2.75) is 38.4 Å². The van der Waals surface area contributed by atoms with E-state index in [-0.39, 0.29) is 46.6 Å². The molecule has 2 aliphatic rings. The number of hydrogen-bond donors (Lipinski definition) is 1. The van der Waals surface area contributed by atoms with Crippen LogP contribution in [-0.4, -0.2) is 83.5 Å². The van der Waals surface area contributed by atoms with Crippen molar-refractivity contribution in [3.63, 3.8) is 0 Å². The fraction of sp³-hybridized carbons (Fsp3) is 0.379. The summed E-state index contributed by atoms with van der Waals surface area (Å²) in [5.74, 6) is -1.97. The lowest BCUT2D eigenvalue weighted by molar-refractivity contribution is -0.144. The van der Waals surface area contributed by atoms with E-state index in [1.165, 1.54) is 12.1 Å². The third-order valence-electron chi connectivity index (χ3n) is 7.98. The van der Waals surface area contributed by atoms with Gasteiger partial charge in [-0.3, -0.25) is 15.0 Å². The molecular weight excluding hydrogens is 651 g/mol. The molecule has 0 aliphatic carbocycles. The van der Waals surface area contributed by atoms with E-state index in [9.17, 15) is 22.0 Å². The van der Waals surface area contributed by atoms with Gasteiger partial charge in [0.25, 0.3) is 5.88 Å². The second kappa shape index (κ2) is 12.6. The van der Waals surface area contributed by atoms with Gasteiger partial charge in [-0.1, -0.05) is 17.7 Å². The zero-order chi connectivity index (χ0) is 32.7. The number of H-pyrrole nitrogens is 1. The Morgan fingerprint density at radius 3 is 2.51 bits per heavy atom. The van der Waals surface area contributed by atoms with Crippen LogP contribution >= 0.6 is 11.6 Å². The molecule has 47 heavy (non-hydrogen) atoms. The molecular formula is C29H26ClF5N10O2. The van der Waals surface area contributed by atoms with Gasteiger partial charge in [0.2, 0.25) is 17.6 Å². The molecule has 246 valence electrons. The van der Waals surface area contributed by atoms with Gasteiger partial charge >= 0.3 is 6.18 Å². The normalized spacial score (nSPS) is 17.3. The van der Waals surface area contributed by atoms with Crippen LogP contribution in [0.3, 0.4) is 0 Å². The minimum atomic E-state index is -4.66. The third-order valence-corrected chi connectivity index (χ3v) is 8.21. The zero-order valence-corrected chi connectivity index (χ0v) is 25.3. The van der Waals surface area contributed by atoms with Crippen molar-refractivity contribution < 1.29 is 31.4 Å². The molecule has 0 spiro atoms. The Bertz CT molecular complexity index is 1910. The molecule has 12 nitrogen and oxygen atoms in total. The molecule has 0 unspecified atom stereocenters. The summed E-state index contributed by atoms with van der Waals surface area (Å²) in [4.78, 5) is 25.2. The number of piperazine rings is 1. The van der Waals surface area contributed by atoms with Crippen LogP contribution in [0.1, 0.15) is 23.6 Å². The van der Waals surface area contributed by atoms with E-state index >= 15 is 0 Å². The number of anilines is 1. The summed E-state index contributed by atoms with van der Waals surface area (Å²) in [6, 6.07) is 5.71. The summed E-state index contributed by atoms with van der Waals surface area (Å²) in [6.45, 7) is 3.75. The smallest absolute Gasteiger partial charge is 0.451 e. The molecule has 7 rings (SSSR count). The first-order valence-corrected chi connectivity index (χ1v) is 15.0. The van der Waals surface area contributed by atoms with E-state index < -0.39 is 23.6 Å². The second-order valence-corrected chi connectivity index (χ2v) is 11.5. The molecule has 0 saturated carbocycles. The summed E-state index contributed by atoms with van der Waals surface area (Å²) in [7, 11) is 0. The predicted octanol–water partition coefficient (Wildman–Crippen LogP) is 4.65. The van der Waals surface area contributed by atoms with Gasteiger partial charge in [0.15, 0.2) is 5.82 Å². The third kappa shape index (κ3) is 6.68. The summed E-state index contributed by atoms with van der Waals surface area (Å²) < 4.78 is 80.9. The zero-order valence-electron chi connectivity index (χ0n) is 24.5. The number of imidazole rings is 1. The average Bonchev–Trinajstić information content (AvgIpc) is 3.65. The fourth-order valence-corrected chi connectivity index (χ4v) is 5.50. The van der Waals surface area contributed by atoms with Gasteiger partial charge in [-0.2, -0.15) is 27.6 Å². The van der Waals surface area contributed by atoms with Crippen LogP contribution in [0.25, 0.3) is 22.6 Å². The maximum absolute atomic E-state index is 14.5. The lowest BCUT2D eigenvalue weighted by Crippen LogP contribution is -2.47. The lowest BCUT2D eigenvalue weighted by Gasteiger charge is -2.35. The van der Waals surface area contributed by atoms with Crippen molar-refractivity contribution >= 4 is 28.6 Å². The van der Waals surface area contributed by atoms with Crippen LogP contribution in [0.4, 0.5) is 27.9 Å². The number of aromatic amines is 1. The Hall–Kier alpha value is -4.48. The van der Waals surface area contributed by atoms with Crippen LogP contribution < -0.4 is 9.64 Å². The van der Waals surface area contributed by atoms with Crippen molar-refractivity contribution in [2.75, 3.05) is 37.7 Å². The Labute approximate surface area is 268 Å². The molecule has 2 saturated heterocycles. The highest BCUT2D eigenvalue weighted by molar-refractivity contribution is 6.30. The van der Waals surface area contributed by atoms with Gasteiger partial charge in [0.1, 0.15) is 23.9 Å². The number of nitrogens with zero attached hydrogens (tertiary/aromatic N) is 9. The largest absolute Gasteiger partial charge is 0.470 e.